The van der Waals surface area contributed by atoms with E-state index in [0.717, 1.165) is 46.9 Å². The first kappa shape index (κ1) is 14.5. The quantitative estimate of drug-likeness (QED) is 0.799. The molecule has 120 valence electrons. The van der Waals surface area contributed by atoms with Gasteiger partial charge in [-0.15, -0.1) is 0 Å². The largest absolute Gasteiger partial charge is 0.450 e. The first-order valence-corrected chi connectivity index (χ1v) is 8.40. The van der Waals surface area contributed by atoms with Gasteiger partial charge in [-0.3, -0.25) is 0 Å². The molecule has 0 radical (unpaired) electrons. The van der Waals surface area contributed by atoms with Crippen LogP contribution in [-0.4, -0.2) is 41.0 Å². The lowest BCUT2D eigenvalue weighted by atomic mass is 10.0. The maximum Gasteiger partial charge on any atom is 0.196 e. The number of anilines is 1. The first-order chi connectivity index (χ1) is 11.3. The smallest absolute Gasteiger partial charge is 0.196 e. The molecule has 1 saturated heterocycles. The van der Waals surface area contributed by atoms with Gasteiger partial charge in [0, 0.05) is 25.0 Å². The molecule has 0 bridgehead atoms. The monoisotopic (exact) mass is 310 g/mol. The molecule has 3 aromatic rings. The zero-order chi connectivity index (χ0) is 15.6. The molecule has 0 amide bonds. The Labute approximate surface area is 135 Å². The minimum atomic E-state index is 0.751. The second kappa shape index (κ2) is 6.16. The summed E-state index contributed by atoms with van der Waals surface area (Å²) < 4.78 is 5.94. The Balaban J connectivity index is 1.50. The van der Waals surface area contributed by atoms with Gasteiger partial charge >= 0.3 is 0 Å². The van der Waals surface area contributed by atoms with E-state index in [1.165, 1.54) is 25.9 Å². The second-order valence-corrected chi connectivity index (χ2v) is 6.47. The highest BCUT2D eigenvalue weighted by Crippen LogP contribution is 2.30. The van der Waals surface area contributed by atoms with E-state index in [4.69, 9.17) is 4.42 Å². The normalized spacial score (nSPS) is 19.4. The number of furan rings is 1. The number of nitrogens with one attached hydrogen (secondary N) is 1. The van der Waals surface area contributed by atoms with Crippen LogP contribution in [0.15, 0.2) is 35.0 Å². The third kappa shape index (κ3) is 2.88. The van der Waals surface area contributed by atoms with Crippen molar-refractivity contribution in [1.29, 1.82) is 0 Å². The summed E-state index contributed by atoms with van der Waals surface area (Å²) in [6.07, 6.45) is 4.27. The highest BCUT2D eigenvalue weighted by Gasteiger charge is 2.16. The summed E-state index contributed by atoms with van der Waals surface area (Å²) in [7, 11) is 0. The van der Waals surface area contributed by atoms with Crippen LogP contribution in [0, 0.1) is 5.92 Å². The van der Waals surface area contributed by atoms with E-state index in [1.807, 2.05) is 24.3 Å². The average molecular weight is 310 g/mol. The van der Waals surface area contributed by atoms with Crippen molar-refractivity contribution in [3.05, 3.63) is 30.6 Å². The molecule has 0 saturated carbocycles. The van der Waals surface area contributed by atoms with Crippen LogP contribution in [0.25, 0.3) is 22.1 Å². The molecule has 5 heteroatoms. The third-order valence-corrected chi connectivity index (χ3v) is 4.62. The van der Waals surface area contributed by atoms with Crippen LogP contribution in [0.2, 0.25) is 0 Å². The van der Waals surface area contributed by atoms with E-state index in [-0.39, 0.29) is 0 Å². The number of likely N-dealkylation sites (tertiary alicyclic amines) is 1. The van der Waals surface area contributed by atoms with Gasteiger partial charge in [0.1, 0.15) is 17.4 Å². The van der Waals surface area contributed by atoms with Gasteiger partial charge in [-0.05, 0) is 37.4 Å². The predicted molar refractivity (Wildman–Crippen MR) is 92.6 cm³/mol. The Morgan fingerprint density at radius 1 is 1.30 bits per heavy atom. The van der Waals surface area contributed by atoms with Crippen molar-refractivity contribution in [2.75, 3.05) is 31.5 Å². The fourth-order valence-corrected chi connectivity index (χ4v) is 3.47. The number of hydrogen-bond donors (Lipinski definition) is 1. The number of nitrogens with zero attached hydrogens (tertiary/aromatic N) is 3. The van der Waals surface area contributed by atoms with E-state index in [9.17, 15) is 0 Å². The Hall–Kier alpha value is -2.14. The van der Waals surface area contributed by atoms with E-state index in [2.05, 4.69) is 27.1 Å². The molecular formula is C18H22N4O. The highest BCUT2D eigenvalue weighted by molar-refractivity contribution is 6.05. The Bertz CT molecular complexity index is 813. The molecule has 0 spiro atoms. The van der Waals surface area contributed by atoms with Gasteiger partial charge in [0.25, 0.3) is 0 Å². The van der Waals surface area contributed by atoms with Crippen LogP contribution >= 0.6 is 0 Å². The zero-order valence-electron chi connectivity index (χ0n) is 13.5. The van der Waals surface area contributed by atoms with Gasteiger partial charge < -0.3 is 14.6 Å². The number of para-hydroxylation sites is 1. The molecule has 1 atom stereocenters. The maximum absolute atomic E-state index is 5.94. The molecule has 3 heterocycles. The highest BCUT2D eigenvalue weighted by atomic mass is 16.3. The number of aromatic nitrogens is 2. The van der Waals surface area contributed by atoms with Gasteiger partial charge in [-0.2, -0.15) is 0 Å². The summed E-state index contributed by atoms with van der Waals surface area (Å²) in [4.78, 5) is 11.3. The molecule has 1 aromatic carbocycles. The summed E-state index contributed by atoms with van der Waals surface area (Å²) in [5, 5.41) is 4.46. The molecule has 1 unspecified atom stereocenters. The fraction of sp³-hybridized carbons (Fsp3) is 0.444. The van der Waals surface area contributed by atoms with Crippen molar-refractivity contribution in [3.8, 4) is 0 Å². The Morgan fingerprint density at radius 2 is 2.22 bits per heavy atom. The molecular weight excluding hydrogens is 288 g/mol. The molecule has 4 rings (SSSR count). The Morgan fingerprint density at radius 3 is 3.13 bits per heavy atom. The fourth-order valence-electron chi connectivity index (χ4n) is 3.47. The second-order valence-electron chi connectivity index (χ2n) is 6.47. The minimum absolute atomic E-state index is 0.751. The van der Waals surface area contributed by atoms with Gasteiger partial charge in [-0.25, -0.2) is 9.97 Å². The summed E-state index contributed by atoms with van der Waals surface area (Å²) >= 11 is 0. The number of rotatable bonds is 4. The molecule has 0 aliphatic carbocycles. The van der Waals surface area contributed by atoms with Crippen molar-refractivity contribution >= 4 is 27.9 Å². The topological polar surface area (TPSA) is 54.2 Å². The third-order valence-electron chi connectivity index (χ3n) is 4.62. The van der Waals surface area contributed by atoms with Crippen molar-refractivity contribution < 1.29 is 4.42 Å². The minimum Gasteiger partial charge on any atom is -0.450 e. The van der Waals surface area contributed by atoms with E-state index < -0.39 is 0 Å². The van der Waals surface area contributed by atoms with Crippen LogP contribution in [0.5, 0.6) is 0 Å². The van der Waals surface area contributed by atoms with E-state index in [0.29, 0.717) is 0 Å². The lowest BCUT2D eigenvalue weighted by Gasteiger charge is -2.30. The predicted octanol–water partition coefficient (Wildman–Crippen LogP) is 3.52. The number of benzene rings is 1. The molecule has 1 fully saturated rings. The summed E-state index contributed by atoms with van der Waals surface area (Å²) in [5.41, 5.74) is 2.49. The van der Waals surface area contributed by atoms with Crippen LogP contribution in [0.3, 0.4) is 0 Å². The molecule has 5 nitrogen and oxygen atoms in total. The van der Waals surface area contributed by atoms with E-state index >= 15 is 0 Å². The zero-order valence-corrected chi connectivity index (χ0v) is 13.5. The number of piperidine rings is 1. The van der Waals surface area contributed by atoms with Gasteiger partial charge in [0.2, 0.25) is 0 Å². The molecule has 1 aliphatic rings. The van der Waals surface area contributed by atoms with Crippen molar-refractivity contribution in [1.82, 2.24) is 14.9 Å². The first-order valence-electron chi connectivity index (χ1n) is 8.40. The maximum atomic E-state index is 5.94. The van der Waals surface area contributed by atoms with Crippen molar-refractivity contribution in [3.63, 3.8) is 0 Å². The lowest BCUT2D eigenvalue weighted by Crippen LogP contribution is -2.37. The summed E-state index contributed by atoms with van der Waals surface area (Å²) in [6.45, 7) is 6.65. The SMILES string of the molecule is CC1CCCN(CCNc2ncnc3c2oc2ccccc23)C1. The number of fused-ring (bicyclic) bond motifs is 3. The molecule has 1 N–H and O–H groups in total. The Kier molecular flexibility index (Phi) is 3.87. The number of hydrogen-bond acceptors (Lipinski definition) is 5. The summed E-state index contributed by atoms with van der Waals surface area (Å²) in [5.74, 6) is 1.60. The van der Waals surface area contributed by atoms with Gasteiger partial charge in [-0.1, -0.05) is 19.1 Å². The molecule has 1 aliphatic heterocycles. The van der Waals surface area contributed by atoms with Crippen LogP contribution in [0.4, 0.5) is 5.82 Å². The lowest BCUT2D eigenvalue weighted by molar-refractivity contribution is 0.190. The molecule has 2 aromatic heterocycles. The van der Waals surface area contributed by atoms with E-state index in [1.54, 1.807) is 6.33 Å². The van der Waals surface area contributed by atoms with Gasteiger partial charge in [0.15, 0.2) is 11.4 Å². The molecule has 23 heavy (non-hydrogen) atoms. The van der Waals surface area contributed by atoms with Crippen molar-refractivity contribution in [2.24, 2.45) is 5.92 Å². The summed E-state index contributed by atoms with van der Waals surface area (Å²) in [6, 6.07) is 7.98. The van der Waals surface area contributed by atoms with Crippen molar-refractivity contribution in [2.45, 2.75) is 19.8 Å². The van der Waals surface area contributed by atoms with Crippen LogP contribution < -0.4 is 5.32 Å². The average Bonchev–Trinajstić information content (AvgIpc) is 2.95. The van der Waals surface area contributed by atoms with Gasteiger partial charge in [0.05, 0.1) is 0 Å². The van der Waals surface area contributed by atoms with Crippen LogP contribution in [-0.2, 0) is 0 Å². The standard InChI is InChI=1S/C18H22N4O/c1-13-5-4-9-22(11-13)10-8-19-18-17-16(20-12-21-18)14-6-2-3-7-15(14)23-17/h2-3,6-7,12-13H,4-5,8-11H2,1H3,(H,19,20,21). The van der Waals surface area contributed by atoms with Crippen LogP contribution in [0.1, 0.15) is 19.8 Å².